The number of rotatable bonds is 8. The molecule has 0 aliphatic heterocycles. The van der Waals surface area contributed by atoms with Crippen molar-refractivity contribution in [2.45, 2.75) is 11.8 Å². The number of aromatic nitrogens is 1. The maximum Gasteiger partial charge on any atom is 0.266 e. The second-order valence-corrected chi connectivity index (χ2v) is 9.39. The van der Waals surface area contributed by atoms with E-state index in [4.69, 9.17) is 4.74 Å². The molecule has 172 valence electrons. The van der Waals surface area contributed by atoms with Crippen LogP contribution in [0.15, 0.2) is 108 Å². The summed E-state index contributed by atoms with van der Waals surface area (Å²) in [6, 6.07) is 26.1. The van der Waals surface area contributed by atoms with Gasteiger partial charge in [-0.1, -0.05) is 35.9 Å². The zero-order valence-corrected chi connectivity index (χ0v) is 19.3. The van der Waals surface area contributed by atoms with Gasteiger partial charge in [0.05, 0.1) is 5.69 Å². The number of amides is 1. The van der Waals surface area contributed by atoms with Gasteiger partial charge in [0, 0.05) is 18.1 Å². The van der Waals surface area contributed by atoms with Crippen LogP contribution in [-0.4, -0.2) is 25.9 Å². The molecule has 0 unspecified atom stereocenters. The van der Waals surface area contributed by atoms with Crippen LogP contribution in [0.25, 0.3) is 0 Å². The van der Waals surface area contributed by atoms with E-state index >= 15 is 0 Å². The van der Waals surface area contributed by atoms with E-state index in [0.717, 1.165) is 9.87 Å². The SMILES string of the molecule is Cc1ccc(N(CC(=O)Nc2ccc(Oc3ccccc3)cc2)S(=O)(=O)c2cccnc2)cc1. The van der Waals surface area contributed by atoms with Crippen molar-refractivity contribution in [1.29, 1.82) is 0 Å². The summed E-state index contributed by atoms with van der Waals surface area (Å²) in [6.45, 7) is 1.50. The molecule has 0 bridgehead atoms. The minimum absolute atomic E-state index is 0.00536. The van der Waals surface area contributed by atoms with Crippen molar-refractivity contribution in [2.24, 2.45) is 0 Å². The lowest BCUT2D eigenvalue weighted by Crippen LogP contribution is -2.38. The highest BCUT2D eigenvalue weighted by molar-refractivity contribution is 7.92. The van der Waals surface area contributed by atoms with Gasteiger partial charge < -0.3 is 10.1 Å². The fraction of sp³-hybridized carbons (Fsp3) is 0.0769. The first-order valence-electron chi connectivity index (χ1n) is 10.5. The minimum Gasteiger partial charge on any atom is -0.457 e. The molecule has 1 heterocycles. The Morgan fingerprint density at radius 1 is 0.882 bits per heavy atom. The van der Waals surface area contributed by atoms with E-state index in [1.54, 1.807) is 54.6 Å². The summed E-state index contributed by atoms with van der Waals surface area (Å²) in [5, 5.41) is 2.75. The van der Waals surface area contributed by atoms with E-state index in [-0.39, 0.29) is 4.90 Å². The van der Waals surface area contributed by atoms with Gasteiger partial charge in [0.15, 0.2) is 0 Å². The number of hydrogen-bond donors (Lipinski definition) is 1. The number of sulfonamides is 1. The number of pyridine rings is 1. The first-order valence-corrected chi connectivity index (χ1v) is 12.0. The number of para-hydroxylation sites is 1. The maximum atomic E-state index is 13.3. The lowest BCUT2D eigenvalue weighted by Gasteiger charge is -2.24. The van der Waals surface area contributed by atoms with Crippen LogP contribution in [0.2, 0.25) is 0 Å². The van der Waals surface area contributed by atoms with Crippen molar-refractivity contribution in [3.63, 3.8) is 0 Å². The van der Waals surface area contributed by atoms with Crippen molar-refractivity contribution < 1.29 is 17.9 Å². The van der Waals surface area contributed by atoms with Crippen molar-refractivity contribution in [1.82, 2.24) is 4.98 Å². The van der Waals surface area contributed by atoms with E-state index in [0.29, 0.717) is 22.9 Å². The van der Waals surface area contributed by atoms with Crippen LogP contribution in [0.3, 0.4) is 0 Å². The van der Waals surface area contributed by atoms with E-state index in [1.807, 2.05) is 37.3 Å². The molecule has 3 aromatic carbocycles. The van der Waals surface area contributed by atoms with Gasteiger partial charge in [0.1, 0.15) is 22.9 Å². The van der Waals surface area contributed by atoms with Gasteiger partial charge in [-0.3, -0.25) is 14.1 Å². The highest BCUT2D eigenvalue weighted by atomic mass is 32.2. The van der Waals surface area contributed by atoms with Crippen LogP contribution in [0.1, 0.15) is 5.56 Å². The zero-order chi connectivity index (χ0) is 24.0. The van der Waals surface area contributed by atoms with Gasteiger partial charge in [-0.2, -0.15) is 0 Å². The summed E-state index contributed by atoms with van der Waals surface area (Å²) in [5.74, 6) is 0.836. The van der Waals surface area contributed by atoms with E-state index in [2.05, 4.69) is 10.3 Å². The summed E-state index contributed by atoms with van der Waals surface area (Å²) in [6.07, 6.45) is 2.76. The Hall–Kier alpha value is -4.17. The van der Waals surface area contributed by atoms with Gasteiger partial charge in [-0.15, -0.1) is 0 Å². The van der Waals surface area contributed by atoms with Crippen molar-refractivity contribution in [2.75, 3.05) is 16.2 Å². The molecule has 4 aromatic rings. The first-order chi connectivity index (χ1) is 16.4. The highest BCUT2D eigenvalue weighted by Crippen LogP contribution is 2.25. The Morgan fingerprint density at radius 2 is 1.56 bits per heavy atom. The van der Waals surface area contributed by atoms with Crippen LogP contribution < -0.4 is 14.4 Å². The predicted molar refractivity (Wildman–Crippen MR) is 132 cm³/mol. The maximum absolute atomic E-state index is 13.3. The molecule has 1 aromatic heterocycles. The smallest absolute Gasteiger partial charge is 0.266 e. The van der Waals surface area contributed by atoms with Gasteiger partial charge in [0.2, 0.25) is 5.91 Å². The number of ether oxygens (including phenoxy) is 1. The summed E-state index contributed by atoms with van der Waals surface area (Å²) in [4.78, 5) is 16.8. The molecule has 0 atom stereocenters. The molecule has 1 amide bonds. The van der Waals surface area contributed by atoms with Crippen LogP contribution >= 0.6 is 0 Å². The average molecular weight is 474 g/mol. The standard InChI is InChI=1S/C26H23N3O4S/c1-20-9-13-22(14-10-20)29(34(31,32)25-8-5-17-27-18-25)19-26(30)28-21-11-15-24(16-12-21)33-23-6-3-2-4-7-23/h2-18H,19H2,1H3,(H,28,30). The number of carbonyl (C=O) groups excluding carboxylic acids is 1. The number of benzene rings is 3. The molecule has 0 saturated carbocycles. The van der Waals surface area contributed by atoms with E-state index in [1.165, 1.54) is 18.5 Å². The third-order valence-electron chi connectivity index (χ3n) is 4.95. The quantitative estimate of drug-likeness (QED) is 0.388. The van der Waals surface area contributed by atoms with Gasteiger partial charge >= 0.3 is 0 Å². The largest absolute Gasteiger partial charge is 0.457 e. The second-order valence-electron chi connectivity index (χ2n) is 7.52. The Morgan fingerprint density at radius 3 is 2.21 bits per heavy atom. The second kappa shape index (κ2) is 10.2. The number of nitrogens with one attached hydrogen (secondary N) is 1. The Balaban J connectivity index is 1.51. The average Bonchev–Trinajstić information content (AvgIpc) is 2.85. The Bertz CT molecular complexity index is 1340. The molecular formula is C26H23N3O4S. The Kier molecular flexibility index (Phi) is 6.89. The highest BCUT2D eigenvalue weighted by Gasteiger charge is 2.27. The molecule has 8 heteroatoms. The lowest BCUT2D eigenvalue weighted by molar-refractivity contribution is -0.114. The molecule has 0 saturated heterocycles. The summed E-state index contributed by atoms with van der Waals surface area (Å²) < 4.78 is 33.5. The molecule has 34 heavy (non-hydrogen) atoms. The third-order valence-corrected chi connectivity index (χ3v) is 6.71. The van der Waals surface area contributed by atoms with Crippen LogP contribution in [-0.2, 0) is 14.8 Å². The third kappa shape index (κ3) is 5.60. The molecule has 0 aliphatic rings. The fourth-order valence-electron chi connectivity index (χ4n) is 3.21. The van der Waals surface area contributed by atoms with Crippen LogP contribution in [0.4, 0.5) is 11.4 Å². The monoisotopic (exact) mass is 473 g/mol. The molecule has 4 rings (SSSR count). The molecule has 1 N–H and O–H groups in total. The Labute approximate surface area is 198 Å². The molecule has 0 radical (unpaired) electrons. The normalized spacial score (nSPS) is 11.0. The van der Waals surface area contributed by atoms with Crippen LogP contribution in [0, 0.1) is 6.92 Å². The van der Waals surface area contributed by atoms with E-state index in [9.17, 15) is 13.2 Å². The number of anilines is 2. The van der Waals surface area contributed by atoms with Gasteiger partial charge in [-0.25, -0.2) is 8.42 Å². The molecule has 0 spiro atoms. The molecule has 7 nitrogen and oxygen atoms in total. The molecular weight excluding hydrogens is 450 g/mol. The number of hydrogen-bond acceptors (Lipinski definition) is 5. The van der Waals surface area contributed by atoms with E-state index < -0.39 is 22.5 Å². The fourth-order valence-corrected chi connectivity index (χ4v) is 4.60. The summed E-state index contributed by atoms with van der Waals surface area (Å²) in [5.41, 5.74) is 1.88. The number of carbonyl (C=O) groups is 1. The predicted octanol–water partition coefficient (Wildman–Crippen LogP) is 5.02. The van der Waals surface area contributed by atoms with Gasteiger partial charge in [0.25, 0.3) is 10.0 Å². The number of aryl methyl sites for hydroxylation is 1. The number of nitrogens with zero attached hydrogens (tertiary/aromatic N) is 2. The van der Waals surface area contributed by atoms with Gasteiger partial charge in [-0.05, 0) is 67.6 Å². The molecule has 0 aliphatic carbocycles. The first kappa shape index (κ1) is 23.0. The van der Waals surface area contributed by atoms with Crippen LogP contribution in [0.5, 0.6) is 11.5 Å². The zero-order valence-electron chi connectivity index (χ0n) is 18.5. The van der Waals surface area contributed by atoms with Crippen molar-refractivity contribution in [3.8, 4) is 11.5 Å². The minimum atomic E-state index is -4.01. The summed E-state index contributed by atoms with van der Waals surface area (Å²) >= 11 is 0. The van der Waals surface area contributed by atoms with Crippen molar-refractivity contribution >= 4 is 27.3 Å². The molecule has 0 fully saturated rings. The topological polar surface area (TPSA) is 88.6 Å². The lowest BCUT2D eigenvalue weighted by atomic mass is 10.2. The summed E-state index contributed by atoms with van der Waals surface area (Å²) in [7, 11) is -4.01. The van der Waals surface area contributed by atoms with Crippen molar-refractivity contribution in [3.05, 3.63) is 109 Å².